The molecule has 0 bridgehead atoms. The van der Waals surface area contributed by atoms with Gasteiger partial charge in [0.05, 0.1) is 18.9 Å². The Morgan fingerprint density at radius 1 is 0.886 bits per heavy atom. The van der Waals surface area contributed by atoms with Gasteiger partial charge in [-0.25, -0.2) is 19.9 Å². The first-order valence-corrected chi connectivity index (χ1v) is 12.1. The number of fused-ring (bicyclic) bond motifs is 1. The number of nitrogens with zero attached hydrogens (tertiary/aromatic N) is 9. The van der Waals surface area contributed by atoms with E-state index in [9.17, 15) is 0 Å². The van der Waals surface area contributed by atoms with Crippen molar-refractivity contribution in [2.75, 3.05) is 86.5 Å². The van der Waals surface area contributed by atoms with Gasteiger partial charge < -0.3 is 30.1 Å². The summed E-state index contributed by atoms with van der Waals surface area (Å²) < 4.78 is 5.55. The predicted molar refractivity (Wildman–Crippen MR) is 135 cm³/mol. The summed E-state index contributed by atoms with van der Waals surface area (Å²) in [6, 6.07) is 4.25. The number of morpholine rings is 1. The molecular formula is C24H30N10O. The van der Waals surface area contributed by atoms with Gasteiger partial charge in [-0.2, -0.15) is 4.98 Å². The summed E-state index contributed by atoms with van der Waals surface area (Å²) in [6.45, 7) is 7.74. The molecule has 0 spiro atoms. The van der Waals surface area contributed by atoms with Gasteiger partial charge in [0.2, 0.25) is 11.9 Å². The van der Waals surface area contributed by atoms with E-state index < -0.39 is 0 Å². The molecule has 0 unspecified atom stereocenters. The Morgan fingerprint density at radius 2 is 1.66 bits per heavy atom. The molecule has 0 atom stereocenters. The summed E-state index contributed by atoms with van der Waals surface area (Å²) in [5, 5.41) is 0. The van der Waals surface area contributed by atoms with Crippen LogP contribution in [0.3, 0.4) is 0 Å². The van der Waals surface area contributed by atoms with Gasteiger partial charge >= 0.3 is 0 Å². The average molecular weight is 475 g/mol. The number of pyridine rings is 1. The van der Waals surface area contributed by atoms with Crippen LogP contribution in [-0.2, 0) is 11.2 Å². The number of rotatable bonds is 4. The van der Waals surface area contributed by atoms with Crippen molar-refractivity contribution in [2.45, 2.75) is 6.42 Å². The summed E-state index contributed by atoms with van der Waals surface area (Å²) >= 11 is 0. The van der Waals surface area contributed by atoms with E-state index in [2.05, 4.69) is 53.7 Å². The zero-order chi connectivity index (χ0) is 23.8. The first-order chi connectivity index (χ1) is 17.2. The second-order valence-corrected chi connectivity index (χ2v) is 9.17. The molecule has 11 heteroatoms. The zero-order valence-electron chi connectivity index (χ0n) is 20.0. The number of piperazine rings is 1. The monoisotopic (exact) mass is 474 g/mol. The predicted octanol–water partition coefficient (Wildman–Crippen LogP) is 1.19. The molecule has 2 fully saturated rings. The van der Waals surface area contributed by atoms with E-state index in [1.807, 2.05) is 6.20 Å². The number of likely N-dealkylation sites (N-methyl/N-ethyl adjacent to an activating group) is 1. The number of anilines is 5. The Labute approximate surface area is 204 Å². The van der Waals surface area contributed by atoms with E-state index in [0.717, 1.165) is 86.4 Å². The van der Waals surface area contributed by atoms with Gasteiger partial charge in [0.1, 0.15) is 11.6 Å². The van der Waals surface area contributed by atoms with Crippen LogP contribution in [0.1, 0.15) is 5.56 Å². The van der Waals surface area contributed by atoms with E-state index >= 15 is 0 Å². The molecule has 3 aromatic rings. The average Bonchev–Trinajstić information content (AvgIpc) is 3.34. The lowest BCUT2D eigenvalue weighted by molar-refractivity contribution is 0.122. The highest BCUT2D eigenvalue weighted by Crippen LogP contribution is 2.39. The molecule has 35 heavy (non-hydrogen) atoms. The number of hydrogen-bond acceptors (Lipinski definition) is 11. The number of nitrogen functional groups attached to an aromatic ring is 1. The lowest BCUT2D eigenvalue weighted by Gasteiger charge is -2.33. The molecule has 2 saturated heterocycles. The summed E-state index contributed by atoms with van der Waals surface area (Å²) in [6.07, 6.45) is 6.23. The normalized spacial score (nSPS) is 18.7. The van der Waals surface area contributed by atoms with Crippen LogP contribution >= 0.6 is 0 Å². The van der Waals surface area contributed by atoms with Crippen LogP contribution in [0.25, 0.3) is 11.3 Å². The van der Waals surface area contributed by atoms with Crippen LogP contribution in [0.5, 0.6) is 0 Å². The second kappa shape index (κ2) is 9.23. The SMILES string of the molecule is CN1CCN(c2cc(N3CCc4c(-c5cnc(N)nc5)nc(N5CCOCC5)nc43)ccn2)CC1. The summed E-state index contributed by atoms with van der Waals surface area (Å²) in [5.41, 5.74) is 9.67. The van der Waals surface area contributed by atoms with Crippen LogP contribution < -0.4 is 20.4 Å². The molecule has 182 valence electrons. The quantitative estimate of drug-likeness (QED) is 0.588. The summed E-state index contributed by atoms with van der Waals surface area (Å²) in [5.74, 6) is 2.91. The molecule has 0 aliphatic carbocycles. The minimum absolute atomic E-state index is 0.253. The third-order valence-electron chi connectivity index (χ3n) is 6.92. The van der Waals surface area contributed by atoms with Gasteiger partial charge in [-0.1, -0.05) is 0 Å². The van der Waals surface area contributed by atoms with Crippen LogP contribution in [0.15, 0.2) is 30.7 Å². The lowest BCUT2D eigenvalue weighted by Crippen LogP contribution is -2.44. The van der Waals surface area contributed by atoms with Gasteiger partial charge in [-0.15, -0.1) is 0 Å². The first kappa shape index (κ1) is 21.9. The Hall–Kier alpha value is -3.57. The Balaban J connectivity index is 1.39. The molecule has 6 rings (SSSR count). The van der Waals surface area contributed by atoms with Crippen molar-refractivity contribution < 1.29 is 4.74 Å². The van der Waals surface area contributed by atoms with E-state index in [1.165, 1.54) is 0 Å². The zero-order valence-corrected chi connectivity index (χ0v) is 20.0. The molecule has 11 nitrogen and oxygen atoms in total. The smallest absolute Gasteiger partial charge is 0.228 e. The molecule has 0 saturated carbocycles. The maximum Gasteiger partial charge on any atom is 0.228 e. The van der Waals surface area contributed by atoms with Crippen LogP contribution in [0, 0.1) is 0 Å². The first-order valence-electron chi connectivity index (χ1n) is 12.1. The van der Waals surface area contributed by atoms with Gasteiger partial charge in [-0.05, 0) is 19.5 Å². The van der Waals surface area contributed by atoms with E-state index in [-0.39, 0.29) is 5.95 Å². The van der Waals surface area contributed by atoms with Crippen LogP contribution in [-0.4, -0.2) is 95.9 Å². The van der Waals surface area contributed by atoms with Gasteiger partial charge in [0, 0.05) is 87.3 Å². The minimum Gasteiger partial charge on any atom is -0.378 e. The van der Waals surface area contributed by atoms with Crippen molar-refractivity contribution in [3.8, 4) is 11.3 Å². The van der Waals surface area contributed by atoms with Crippen molar-refractivity contribution in [1.82, 2.24) is 29.8 Å². The molecule has 2 N–H and O–H groups in total. The number of hydrogen-bond donors (Lipinski definition) is 1. The number of ether oxygens (including phenoxy) is 1. The molecular weight excluding hydrogens is 444 g/mol. The van der Waals surface area contributed by atoms with Crippen molar-refractivity contribution in [1.29, 1.82) is 0 Å². The summed E-state index contributed by atoms with van der Waals surface area (Å²) in [7, 11) is 2.16. The maximum absolute atomic E-state index is 5.75. The van der Waals surface area contributed by atoms with Crippen LogP contribution in [0.4, 0.5) is 29.2 Å². The highest BCUT2D eigenvalue weighted by molar-refractivity contribution is 5.77. The third kappa shape index (κ3) is 4.32. The summed E-state index contributed by atoms with van der Waals surface area (Å²) in [4.78, 5) is 32.3. The highest BCUT2D eigenvalue weighted by atomic mass is 16.5. The highest BCUT2D eigenvalue weighted by Gasteiger charge is 2.30. The number of nitrogens with two attached hydrogens (primary N) is 1. The van der Waals surface area contributed by atoms with Crippen LogP contribution in [0.2, 0.25) is 0 Å². The maximum atomic E-state index is 5.75. The molecule has 3 aliphatic heterocycles. The number of aromatic nitrogens is 5. The minimum atomic E-state index is 0.253. The second-order valence-electron chi connectivity index (χ2n) is 9.17. The van der Waals surface area contributed by atoms with Crippen molar-refractivity contribution in [3.63, 3.8) is 0 Å². The topological polar surface area (TPSA) is 113 Å². The van der Waals surface area contributed by atoms with Crippen molar-refractivity contribution in [2.24, 2.45) is 0 Å². The molecule has 0 radical (unpaired) electrons. The standard InChI is InChI=1S/C24H30N10O/c1-31-6-8-32(9-7-31)20-14-18(2-4-26-20)34-5-3-19-21(17-15-27-23(25)28-16-17)29-24(30-22(19)34)33-10-12-35-13-11-33/h2,4,14-16H,3,5-13H2,1H3,(H2,25,27,28). The fraction of sp³-hybridized carbons (Fsp3) is 0.458. The Kier molecular flexibility index (Phi) is 5.78. The Morgan fingerprint density at radius 3 is 2.43 bits per heavy atom. The van der Waals surface area contributed by atoms with E-state index in [0.29, 0.717) is 19.2 Å². The van der Waals surface area contributed by atoms with Crippen molar-refractivity contribution >= 4 is 29.2 Å². The molecule has 0 amide bonds. The molecule has 0 aromatic carbocycles. The molecule has 3 aromatic heterocycles. The van der Waals surface area contributed by atoms with Gasteiger partial charge in [-0.3, -0.25) is 0 Å². The van der Waals surface area contributed by atoms with E-state index in [1.54, 1.807) is 12.4 Å². The largest absolute Gasteiger partial charge is 0.378 e. The fourth-order valence-corrected chi connectivity index (χ4v) is 4.88. The fourth-order valence-electron chi connectivity index (χ4n) is 4.88. The lowest BCUT2D eigenvalue weighted by atomic mass is 10.1. The van der Waals surface area contributed by atoms with Crippen molar-refractivity contribution in [3.05, 3.63) is 36.3 Å². The Bertz CT molecular complexity index is 1190. The molecule has 6 heterocycles. The third-order valence-corrected chi connectivity index (χ3v) is 6.92. The van der Waals surface area contributed by atoms with Gasteiger partial charge in [0.15, 0.2) is 0 Å². The molecule has 3 aliphatic rings. The van der Waals surface area contributed by atoms with Gasteiger partial charge in [0.25, 0.3) is 0 Å². The van der Waals surface area contributed by atoms with E-state index in [4.69, 9.17) is 20.4 Å².